The molecule has 1 aliphatic heterocycles. The molecular weight excluding hydrogens is 390 g/mol. The number of anilines is 1. The van der Waals surface area contributed by atoms with Crippen molar-refractivity contribution in [1.29, 1.82) is 0 Å². The van der Waals surface area contributed by atoms with E-state index in [-0.39, 0.29) is 19.0 Å². The average molecular weight is 415 g/mol. The Balaban J connectivity index is 1.68. The number of fused-ring (bicyclic) bond motifs is 1. The molecule has 0 unspecified atom stereocenters. The first-order chi connectivity index (χ1) is 14.1. The number of nitrogens with zero attached hydrogens (tertiary/aromatic N) is 5. The summed E-state index contributed by atoms with van der Waals surface area (Å²) < 4.78 is 5.16. The Labute approximate surface area is 173 Å². The number of benzene rings is 1. The van der Waals surface area contributed by atoms with Gasteiger partial charge in [0, 0.05) is 12.1 Å². The third kappa shape index (κ3) is 5.10. The molecule has 0 aliphatic carbocycles. The Morgan fingerprint density at radius 1 is 1.20 bits per heavy atom. The number of ether oxygens (including phenoxy) is 1. The van der Waals surface area contributed by atoms with Crippen molar-refractivity contribution in [2.24, 2.45) is 7.05 Å². The van der Waals surface area contributed by atoms with Gasteiger partial charge in [-0.2, -0.15) is 4.80 Å². The van der Waals surface area contributed by atoms with Gasteiger partial charge in [-0.1, -0.05) is 18.2 Å². The monoisotopic (exact) mass is 415 g/mol. The second-order valence-corrected chi connectivity index (χ2v) is 7.88. The predicted molar refractivity (Wildman–Crippen MR) is 106 cm³/mol. The Morgan fingerprint density at radius 2 is 1.93 bits per heavy atom. The third-order valence-electron chi connectivity index (χ3n) is 4.30. The zero-order chi connectivity index (χ0) is 21.9. The van der Waals surface area contributed by atoms with Crippen LogP contribution in [0.2, 0.25) is 0 Å². The number of tetrazole rings is 1. The van der Waals surface area contributed by atoms with Crippen molar-refractivity contribution >= 4 is 23.6 Å². The largest absolute Gasteiger partial charge is 0.444 e. The van der Waals surface area contributed by atoms with Crippen molar-refractivity contribution in [2.45, 2.75) is 45.4 Å². The van der Waals surface area contributed by atoms with Gasteiger partial charge in [0.15, 0.2) is 5.82 Å². The lowest BCUT2D eigenvalue weighted by Crippen LogP contribution is -2.51. The van der Waals surface area contributed by atoms with Crippen molar-refractivity contribution in [3.8, 4) is 0 Å². The highest BCUT2D eigenvalue weighted by Gasteiger charge is 2.38. The number of para-hydroxylation sites is 1. The fourth-order valence-electron chi connectivity index (χ4n) is 3.13. The van der Waals surface area contributed by atoms with Crippen LogP contribution in [-0.4, -0.2) is 56.3 Å². The number of nitrogens with one attached hydrogen (secondary N) is 2. The number of hydrogen-bond donors (Lipinski definition) is 2. The fraction of sp³-hybridized carbons (Fsp3) is 0.474. The van der Waals surface area contributed by atoms with Crippen LogP contribution in [0.15, 0.2) is 24.3 Å². The number of rotatable bonds is 5. The Morgan fingerprint density at radius 3 is 2.60 bits per heavy atom. The average Bonchev–Trinajstić information content (AvgIpc) is 3.26. The first-order valence-electron chi connectivity index (χ1n) is 9.51. The molecule has 30 heavy (non-hydrogen) atoms. The fourth-order valence-corrected chi connectivity index (χ4v) is 3.13. The first-order valence-corrected chi connectivity index (χ1v) is 9.51. The maximum Gasteiger partial charge on any atom is 0.408 e. The minimum absolute atomic E-state index is 0.0949. The van der Waals surface area contributed by atoms with Crippen LogP contribution in [0.5, 0.6) is 0 Å². The van der Waals surface area contributed by atoms with Gasteiger partial charge >= 0.3 is 6.09 Å². The lowest BCUT2D eigenvalue weighted by molar-refractivity contribution is -0.126. The number of aryl methyl sites for hydroxylation is 1. The van der Waals surface area contributed by atoms with Gasteiger partial charge in [0.1, 0.15) is 18.2 Å². The first kappa shape index (κ1) is 21.2. The maximum atomic E-state index is 12.9. The smallest absolute Gasteiger partial charge is 0.408 e. The van der Waals surface area contributed by atoms with Crippen LogP contribution in [-0.2, 0) is 34.3 Å². The molecule has 11 heteroatoms. The number of alkyl carbamates (subject to hydrolysis) is 1. The highest BCUT2D eigenvalue weighted by atomic mass is 16.6. The Hall–Kier alpha value is -3.50. The molecule has 1 aliphatic rings. The molecule has 1 atom stereocenters. The van der Waals surface area contributed by atoms with Crippen molar-refractivity contribution < 1.29 is 19.1 Å². The predicted octanol–water partition coefficient (Wildman–Crippen LogP) is 0.309. The molecule has 2 aromatic rings. The third-order valence-corrected chi connectivity index (χ3v) is 4.30. The second-order valence-electron chi connectivity index (χ2n) is 7.88. The van der Waals surface area contributed by atoms with E-state index < -0.39 is 23.6 Å². The van der Waals surface area contributed by atoms with Gasteiger partial charge in [0.25, 0.3) is 0 Å². The molecule has 11 nitrogen and oxygen atoms in total. The van der Waals surface area contributed by atoms with E-state index >= 15 is 0 Å². The van der Waals surface area contributed by atoms with E-state index in [1.54, 1.807) is 40.0 Å². The van der Waals surface area contributed by atoms with E-state index in [1.165, 1.54) is 9.70 Å². The van der Waals surface area contributed by atoms with Gasteiger partial charge in [-0.15, -0.1) is 10.2 Å². The van der Waals surface area contributed by atoms with Gasteiger partial charge in [-0.25, -0.2) is 4.79 Å². The Bertz CT molecular complexity index is 950. The zero-order valence-electron chi connectivity index (χ0n) is 17.4. The van der Waals surface area contributed by atoms with E-state index in [9.17, 15) is 14.4 Å². The molecular formula is C19H25N7O4. The summed E-state index contributed by atoms with van der Waals surface area (Å²) in [6, 6.07) is 6.55. The summed E-state index contributed by atoms with van der Waals surface area (Å²) in [5.41, 5.74) is 0.844. The van der Waals surface area contributed by atoms with Crippen LogP contribution in [0.3, 0.4) is 0 Å². The second kappa shape index (κ2) is 8.47. The topological polar surface area (TPSA) is 131 Å². The van der Waals surface area contributed by atoms with Crippen LogP contribution >= 0.6 is 0 Å². The molecule has 0 bridgehead atoms. The molecule has 0 radical (unpaired) electrons. The van der Waals surface area contributed by atoms with Crippen LogP contribution in [0.4, 0.5) is 10.5 Å². The number of carbonyl (C=O) groups excluding carboxylic acids is 3. The van der Waals surface area contributed by atoms with Gasteiger partial charge in [-0.3, -0.25) is 14.5 Å². The zero-order valence-corrected chi connectivity index (χ0v) is 17.4. The molecule has 0 saturated carbocycles. The summed E-state index contributed by atoms with van der Waals surface area (Å²) in [6.07, 6.45) is -0.327. The molecule has 3 amide bonds. The van der Waals surface area contributed by atoms with Crippen molar-refractivity contribution in [3.05, 3.63) is 35.7 Å². The highest BCUT2D eigenvalue weighted by Crippen LogP contribution is 2.32. The minimum atomic E-state index is -0.744. The van der Waals surface area contributed by atoms with E-state index in [1.807, 2.05) is 12.1 Å². The van der Waals surface area contributed by atoms with E-state index in [4.69, 9.17) is 4.74 Å². The molecule has 0 saturated heterocycles. The lowest BCUT2D eigenvalue weighted by Gasteiger charge is -2.25. The lowest BCUT2D eigenvalue weighted by atomic mass is 10.1. The number of aromatic nitrogens is 4. The van der Waals surface area contributed by atoms with E-state index in [2.05, 4.69) is 26.0 Å². The van der Waals surface area contributed by atoms with Crippen LogP contribution in [0.25, 0.3) is 0 Å². The molecule has 2 N–H and O–H groups in total. The molecule has 0 fully saturated rings. The summed E-state index contributed by atoms with van der Waals surface area (Å²) in [7, 11) is 1.63. The molecule has 3 rings (SSSR count). The SMILES string of the molecule is Cn1nnc(CNC(=O)[C@@H]2Cc3ccccc3N2C(=O)CNC(=O)OC(C)(C)C)n1. The van der Waals surface area contributed by atoms with Crippen molar-refractivity contribution in [2.75, 3.05) is 11.4 Å². The van der Waals surface area contributed by atoms with Crippen LogP contribution in [0, 0.1) is 0 Å². The standard InChI is InChI=1S/C19H25N7O4/c1-19(2,3)30-18(29)21-11-16(27)26-13-8-6-5-7-12(13)9-14(26)17(28)20-10-15-22-24-25(4)23-15/h5-8,14H,9-11H2,1-4H3,(H,20,28)(H,21,29)/t14-/m0/s1. The Kier molecular flexibility index (Phi) is 5.99. The maximum absolute atomic E-state index is 12.9. The van der Waals surface area contributed by atoms with E-state index in [0.29, 0.717) is 17.9 Å². The number of amides is 3. The highest BCUT2D eigenvalue weighted by molar-refractivity contribution is 6.04. The summed E-state index contributed by atoms with van der Waals surface area (Å²) in [5.74, 6) is -0.390. The van der Waals surface area contributed by atoms with Gasteiger partial charge in [0.2, 0.25) is 11.8 Å². The van der Waals surface area contributed by atoms with Gasteiger partial charge < -0.3 is 15.4 Å². The van der Waals surface area contributed by atoms with Gasteiger partial charge in [-0.05, 0) is 37.6 Å². The van der Waals surface area contributed by atoms with Crippen molar-refractivity contribution in [1.82, 2.24) is 30.8 Å². The number of carbonyl (C=O) groups is 3. The van der Waals surface area contributed by atoms with Crippen molar-refractivity contribution in [3.63, 3.8) is 0 Å². The quantitative estimate of drug-likeness (QED) is 0.718. The number of hydrogen-bond acceptors (Lipinski definition) is 7. The molecule has 2 heterocycles. The molecule has 1 aromatic carbocycles. The summed E-state index contributed by atoms with van der Waals surface area (Å²) in [6.45, 7) is 5.00. The summed E-state index contributed by atoms with van der Waals surface area (Å²) >= 11 is 0. The summed E-state index contributed by atoms with van der Waals surface area (Å²) in [5, 5.41) is 16.8. The molecule has 1 aromatic heterocycles. The minimum Gasteiger partial charge on any atom is -0.444 e. The van der Waals surface area contributed by atoms with Gasteiger partial charge in [0.05, 0.1) is 13.6 Å². The normalized spacial score (nSPS) is 15.5. The van der Waals surface area contributed by atoms with Crippen LogP contribution in [0.1, 0.15) is 32.2 Å². The van der Waals surface area contributed by atoms with Crippen LogP contribution < -0.4 is 15.5 Å². The molecule has 160 valence electrons. The summed E-state index contributed by atoms with van der Waals surface area (Å²) in [4.78, 5) is 40.3. The molecule has 0 spiro atoms. The van der Waals surface area contributed by atoms with E-state index in [0.717, 1.165) is 5.56 Å².